The summed E-state index contributed by atoms with van der Waals surface area (Å²) in [6.45, 7) is 2.21. The maximum absolute atomic E-state index is 12.1. The van der Waals surface area contributed by atoms with Gasteiger partial charge in [0.1, 0.15) is 5.65 Å². The van der Waals surface area contributed by atoms with Crippen LogP contribution in [-0.4, -0.2) is 61.8 Å². The Morgan fingerprint density at radius 2 is 1.89 bits per heavy atom. The molecular weight excluding hydrogens is 478 g/mol. The van der Waals surface area contributed by atoms with Crippen molar-refractivity contribution in [2.75, 3.05) is 47.5 Å². The van der Waals surface area contributed by atoms with E-state index in [1.165, 1.54) is 10.6 Å². The Morgan fingerprint density at radius 3 is 2.64 bits per heavy atom. The summed E-state index contributed by atoms with van der Waals surface area (Å²) in [6, 6.07) is 17.0. The van der Waals surface area contributed by atoms with Crippen molar-refractivity contribution in [2.45, 2.75) is 6.54 Å². The van der Waals surface area contributed by atoms with Gasteiger partial charge >= 0.3 is 0 Å². The summed E-state index contributed by atoms with van der Waals surface area (Å²) >= 11 is 0. The number of carbonyl (C=O) groups is 1. The van der Waals surface area contributed by atoms with Gasteiger partial charge in [-0.15, -0.1) is 0 Å². The Balaban J connectivity index is 1.38. The van der Waals surface area contributed by atoms with Crippen LogP contribution in [0.2, 0.25) is 0 Å². The lowest BCUT2D eigenvalue weighted by Gasteiger charge is -2.27. The summed E-state index contributed by atoms with van der Waals surface area (Å²) < 4.78 is 27.5. The van der Waals surface area contributed by atoms with Gasteiger partial charge in [-0.1, -0.05) is 18.2 Å². The number of benzene rings is 2. The van der Waals surface area contributed by atoms with Crippen LogP contribution in [0.3, 0.4) is 0 Å². The second-order valence-electron chi connectivity index (χ2n) is 8.67. The highest BCUT2D eigenvalue weighted by Crippen LogP contribution is 2.25. The van der Waals surface area contributed by atoms with Gasteiger partial charge in [-0.3, -0.25) is 9.10 Å². The molecule has 4 aromatic rings. The first-order chi connectivity index (χ1) is 17.3. The van der Waals surface area contributed by atoms with E-state index in [-0.39, 0.29) is 5.91 Å². The Labute approximate surface area is 209 Å². The number of para-hydroxylation sites is 1. The van der Waals surface area contributed by atoms with E-state index in [0.29, 0.717) is 31.3 Å². The zero-order valence-electron chi connectivity index (χ0n) is 20.0. The first-order valence-corrected chi connectivity index (χ1v) is 13.4. The fourth-order valence-corrected chi connectivity index (χ4v) is 4.74. The average molecular weight is 506 g/mol. The first kappa shape index (κ1) is 23.8. The number of sulfonamides is 1. The van der Waals surface area contributed by atoms with E-state index in [1.54, 1.807) is 24.2 Å². The summed E-state index contributed by atoms with van der Waals surface area (Å²) in [5.74, 6) is 0.496. The number of aromatic nitrogens is 3. The molecule has 2 aromatic carbocycles. The van der Waals surface area contributed by atoms with Crippen LogP contribution in [0.15, 0.2) is 67.0 Å². The second-order valence-corrected chi connectivity index (χ2v) is 10.7. The quantitative estimate of drug-likeness (QED) is 0.397. The molecule has 36 heavy (non-hydrogen) atoms. The first-order valence-electron chi connectivity index (χ1n) is 11.5. The standard InChI is InChI=1S/C25H27N7O3S/c1-30(36(2,34)35)22-6-4-3-5-19(22)17-31-13-11-18-15-27-25(29-24(18)31)28-20-7-9-21(10-8-20)32-14-12-26-16-23(32)33/h3-11,13,15,26H,12,14,16-17H2,1-2H3,(H,27,28,29). The van der Waals surface area contributed by atoms with Crippen LogP contribution >= 0.6 is 0 Å². The second kappa shape index (κ2) is 9.59. The highest BCUT2D eigenvalue weighted by molar-refractivity contribution is 7.92. The molecule has 1 saturated heterocycles. The van der Waals surface area contributed by atoms with Crippen molar-refractivity contribution in [1.82, 2.24) is 19.9 Å². The molecule has 1 aliphatic rings. The molecule has 5 rings (SSSR count). The van der Waals surface area contributed by atoms with Crippen molar-refractivity contribution in [3.63, 3.8) is 0 Å². The van der Waals surface area contributed by atoms with Crippen molar-refractivity contribution < 1.29 is 13.2 Å². The molecule has 1 amide bonds. The number of nitrogens with zero attached hydrogens (tertiary/aromatic N) is 5. The molecule has 1 aliphatic heterocycles. The number of piperazine rings is 1. The van der Waals surface area contributed by atoms with E-state index in [0.717, 1.165) is 34.5 Å². The molecule has 0 radical (unpaired) electrons. The average Bonchev–Trinajstić information content (AvgIpc) is 3.26. The fraction of sp³-hybridized carbons (Fsp3) is 0.240. The molecule has 2 aromatic heterocycles. The number of fused-ring (bicyclic) bond motifs is 1. The van der Waals surface area contributed by atoms with Gasteiger partial charge in [0, 0.05) is 49.3 Å². The topological polar surface area (TPSA) is 112 Å². The molecule has 2 N–H and O–H groups in total. The Morgan fingerprint density at radius 1 is 1.11 bits per heavy atom. The van der Waals surface area contributed by atoms with Crippen molar-refractivity contribution >= 4 is 50.0 Å². The van der Waals surface area contributed by atoms with Gasteiger partial charge in [0.15, 0.2) is 0 Å². The summed E-state index contributed by atoms with van der Waals surface area (Å²) in [5.41, 5.74) is 3.87. The molecule has 1 fully saturated rings. The maximum Gasteiger partial charge on any atom is 0.240 e. The minimum atomic E-state index is -3.39. The molecule has 11 heteroatoms. The Kier molecular flexibility index (Phi) is 6.33. The number of hydrogen-bond acceptors (Lipinski definition) is 7. The Bertz CT molecular complexity index is 1520. The highest BCUT2D eigenvalue weighted by atomic mass is 32.2. The van der Waals surface area contributed by atoms with Crippen molar-refractivity contribution in [3.05, 3.63) is 72.6 Å². The summed E-state index contributed by atoms with van der Waals surface area (Å²) in [4.78, 5) is 23.0. The molecule has 10 nitrogen and oxygen atoms in total. The summed E-state index contributed by atoms with van der Waals surface area (Å²) in [7, 11) is -1.84. The largest absolute Gasteiger partial charge is 0.328 e. The number of rotatable bonds is 7. The van der Waals surface area contributed by atoms with Gasteiger partial charge < -0.3 is 20.1 Å². The van der Waals surface area contributed by atoms with Gasteiger partial charge in [0.05, 0.1) is 25.0 Å². The van der Waals surface area contributed by atoms with Crippen LogP contribution in [0.25, 0.3) is 11.0 Å². The molecule has 186 valence electrons. The van der Waals surface area contributed by atoms with Gasteiger partial charge in [-0.05, 0) is 42.0 Å². The molecule has 0 aliphatic carbocycles. The predicted molar refractivity (Wildman–Crippen MR) is 141 cm³/mol. The van der Waals surface area contributed by atoms with Gasteiger partial charge in [-0.2, -0.15) is 4.98 Å². The minimum Gasteiger partial charge on any atom is -0.328 e. The van der Waals surface area contributed by atoms with E-state index in [9.17, 15) is 13.2 Å². The molecule has 0 spiro atoms. The molecule has 0 saturated carbocycles. The van der Waals surface area contributed by atoms with Crippen LogP contribution in [0.5, 0.6) is 0 Å². The minimum absolute atomic E-state index is 0.0563. The van der Waals surface area contributed by atoms with Crippen LogP contribution < -0.4 is 19.8 Å². The van der Waals surface area contributed by atoms with E-state index in [2.05, 4.69) is 15.6 Å². The third-order valence-corrected chi connectivity index (χ3v) is 7.39. The van der Waals surface area contributed by atoms with E-state index < -0.39 is 10.0 Å². The third kappa shape index (κ3) is 4.88. The van der Waals surface area contributed by atoms with Gasteiger partial charge in [0.2, 0.25) is 21.9 Å². The van der Waals surface area contributed by atoms with Gasteiger partial charge in [0.25, 0.3) is 0 Å². The number of hydrogen-bond donors (Lipinski definition) is 2. The van der Waals surface area contributed by atoms with E-state index in [1.807, 2.05) is 59.3 Å². The third-order valence-electron chi connectivity index (χ3n) is 6.20. The number of nitrogens with one attached hydrogen (secondary N) is 2. The van der Waals surface area contributed by atoms with Crippen LogP contribution in [0.1, 0.15) is 5.56 Å². The van der Waals surface area contributed by atoms with E-state index in [4.69, 9.17) is 4.98 Å². The zero-order chi connectivity index (χ0) is 25.3. The Hall–Kier alpha value is -3.96. The number of anilines is 4. The lowest BCUT2D eigenvalue weighted by molar-refractivity contribution is -0.118. The molecular formula is C25H27N7O3S. The smallest absolute Gasteiger partial charge is 0.240 e. The zero-order valence-corrected chi connectivity index (χ0v) is 20.9. The van der Waals surface area contributed by atoms with Crippen molar-refractivity contribution in [2.24, 2.45) is 0 Å². The fourth-order valence-electron chi connectivity index (χ4n) is 4.21. The monoisotopic (exact) mass is 505 g/mol. The lowest BCUT2D eigenvalue weighted by Crippen LogP contribution is -2.48. The normalized spacial score (nSPS) is 14.3. The molecule has 0 bridgehead atoms. The predicted octanol–water partition coefficient (Wildman–Crippen LogP) is 2.56. The number of carbonyl (C=O) groups excluding carboxylic acids is 1. The summed E-state index contributed by atoms with van der Waals surface area (Å²) in [6.07, 6.45) is 4.86. The highest BCUT2D eigenvalue weighted by Gasteiger charge is 2.19. The molecule has 0 unspecified atom stereocenters. The van der Waals surface area contributed by atoms with Crippen molar-refractivity contribution in [1.29, 1.82) is 0 Å². The van der Waals surface area contributed by atoms with Crippen LogP contribution in [0.4, 0.5) is 23.0 Å². The SMILES string of the molecule is CN(c1ccccc1Cn1ccc2cnc(Nc3ccc(N4CCNCC4=O)cc3)nc21)S(C)(=O)=O. The van der Waals surface area contributed by atoms with Crippen LogP contribution in [0, 0.1) is 0 Å². The van der Waals surface area contributed by atoms with E-state index >= 15 is 0 Å². The van der Waals surface area contributed by atoms with Crippen molar-refractivity contribution in [3.8, 4) is 0 Å². The number of amides is 1. The molecule has 3 heterocycles. The lowest BCUT2D eigenvalue weighted by atomic mass is 10.2. The van der Waals surface area contributed by atoms with Crippen LogP contribution in [-0.2, 0) is 21.4 Å². The summed E-state index contributed by atoms with van der Waals surface area (Å²) in [5, 5.41) is 7.18. The maximum atomic E-state index is 12.1. The van der Waals surface area contributed by atoms with Gasteiger partial charge in [-0.25, -0.2) is 13.4 Å². The molecule has 0 atom stereocenters.